The van der Waals surface area contributed by atoms with Gasteiger partial charge in [0.2, 0.25) is 0 Å². The van der Waals surface area contributed by atoms with Crippen LogP contribution in [-0.2, 0) is 0 Å². The molecule has 1 aromatic carbocycles. The quantitative estimate of drug-likeness (QED) is 0.687. The van der Waals surface area contributed by atoms with Crippen molar-refractivity contribution in [3.8, 4) is 0 Å². The second-order valence-corrected chi connectivity index (χ2v) is 4.37. The molecule has 1 heteroatoms. The molecule has 0 saturated carbocycles. The Morgan fingerprint density at radius 2 is 1.83 bits per heavy atom. The first-order valence-corrected chi connectivity index (χ1v) is 6.58. The van der Waals surface area contributed by atoms with Crippen LogP contribution >= 0.6 is 0 Å². The minimum absolute atomic E-state index is 1.12. The second kappa shape index (κ2) is 6.75. The molecule has 1 heterocycles. The van der Waals surface area contributed by atoms with Gasteiger partial charge in [0.15, 0.2) is 0 Å². The average Bonchev–Trinajstić information content (AvgIpc) is 2.46. The van der Waals surface area contributed by atoms with E-state index in [0.717, 1.165) is 6.42 Å². The SMILES string of the molecule is CCCC/C=C(\c1ccccc1)c1cccnc1. The molecule has 0 aliphatic carbocycles. The van der Waals surface area contributed by atoms with Crippen LogP contribution in [0.4, 0.5) is 0 Å². The average molecular weight is 237 g/mol. The number of allylic oxidation sites excluding steroid dienone is 1. The molecule has 0 amide bonds. The molecule has 1 aromatic heterocycles. The molecule has 92 valence electrons. The van der Waals surface area contributed by atoms with Gasteiger partial charge in [-0.15, -0.1) is 0 Å². The van der Waals surface area contributed by atoms with Gasteiger partial charge in [-0.1, -0.05) is 62.2 Å². The fourth-order valence-corrected chi connectivity index (χ4v) is 1.99. The number of aromatic nitrogens is 1. The lowest BCUT2D eigenvalue weighted by molar-refractivity contribution is 0.815. The van der Waals surface area contributed by atoms with Crippen molar-refractivity contribution in [3.63, 3.8) is 0 Å². The molecular weight excluding hydrogens is 218 g/mol. The molecule has 0 aliphatic rings. The predicted octanol–water partition coefficient (Wildman–Crippen LogP) is 4.70. The summed E-state index contributed by atoms with van der Waals surface area (Å²) in [7, 11) is 0. The monoisotopic (exact) mass is 237 g/mol. The minimum Gasteiger partial charge on any atom is -0.264 e. The van der Waals surface area contributed by atoms with Gasteiger partial charge in [0.1, 0.15) is 0 Å². The van der Waals surface area contributed by atoms with E-state index in [2.05, 4.69) is 54.4 Å². The van der Waals surface area contributed by atoms with E-state index in [9.17, 15) is 0 Å². The molecule has 0 bridgehead atoms. The Morgan fingerprint density at radius 3 is 2.50 bits per heavy atom. The maximum absolute atomic E-state index is 4.22. The zero-order chi connectivity index (χ0) is 12.6. The van der Waals surface area contributed by atoms with Crippen molar-refractivity contribution in [1.29, 1.82) is 0 Å². The van der Waals surface area contributed by atoms with E-state index in [1.165, 1.54) is 29.5 Å². The molecule has 0 N–H and O–H groups in total. The lowest BCUT2D eigenvalue weighted by Gasteiger charge is -2.08. The molecule has 0 saturated heterocycles. The van der Waals surface area contributed by atoms with E-state index in [1.807, 2.05) is 18.5 Å². The summed E-state index contributed by atoms with van der Waals surface area (Å²) >= 11 is 0. The number of nitrogens with zero attached hydrogens (tertiary/aromatic N) is 1. The van der Waals surface area contributed by atoms with E-state index in [-0.39, 0.29) is 0 Å². The number of hydrogen-bond donors (Lipinski definition) is 0. The summed E-state index contributed by atoms with van der Waals surface area (Å²) in [4.78, 5) is 4.22. The zero-order valence-corrected chi connectivity index (χ0v) is 10.8. The molecule has 18 heavy (non-hydrogen) atoms. The Labute approximate surface area is 109 Å². The molecule has 0 radical (unpaired) electrons. The van der Waals surface area contributed by atoms with Crippen LogP contribution in [0, 0.1) is 0 Å². The summed E-state index contributed by atoms with van der Waals surface area (Å²) in [5.41, 5.74) is 3.75. The lowest BCUT2D eigenvalue weighted by Crippen LogP contribution is -1.89. The summed E-state index contributed by atoms with van der Waals surface area (Å²) in [6, 6.07) is 14.6. The fraction of sp³-hybridized carbons (Fsp3) is 0.235. The first-order valence-electron chi connectivity index (χ1n) is 6.58. The first-order chi connectivity index (χ1) is 8.92. The molecule has 0 spiro atoms. The van der Waals surface area contributed by atoms with Gasteiger partial charge < -0.3 is 0 Å². The van der Waals surface area contributed by atoms with Crippen molar-refractivity contribution in [2.45, 2.75) is 26.2 Å². The number of hydrogen-bond acceptors (Lipinski definition) is 1. The molecular formula is C17H19N. The van der Waals surface area contributed by atoms with Gasteiger partial charge in [-0.05, 0) is 23.6 Å². The van der Waals surface area contributed by atoms with Crippen LogP contribution in [0.5, 0.6) is 0 Å². The van der Waals surface area contributed by atoms with E-state index in [0.29, 0.717) is 0 Å². The summed E-state index contributed by atoms with van der Waals surface area (Å²) in [5, 5.41) is 0. The van der Waals surface area contributed by atoms with Gasteiger partial charge in [0.05, 0.1) is 0 Å². The van der Waals surface area contributed by atoms with Gasteiger partial charge >= 0.3 is 0 Å². The smallest absolute Gasteiger partial charge is 0.0346 e. The second-order valence-electron chi connectivity index (χ2n) is 4.37. The molecule has 0 unspecified atom stereocenters. The normalized spacial score (nSPS) is 11.5. The number of pyridine rings is 1. The molecule has 2 rings (SSSR count). The van der Waals surface area contributed by atoms with E-state index < -0.39 is 0 Å². The van der Waals surface area contributed by atoms with Crippen LogP contribution in [0.3, 0.4) is 0 Å². The Balaban J connectivity index is 2.33. The first kappa shape index (κ1) is 12.6. The van der Waals surface area contributed by atoms with Crippen molar-refractivity contribution in [2.24, 2.45) is 0 Å². The Kier molecular flexibility index (Phi) is 4.71. The third kappa shape index (κ3) is 3.30. The largest absolute Gasteiger partial charge is 0.264 e. The van der Waals surface area contributed by atoms with Crippen molar-refractivity contribution in [3.05, 3.63) is 72.1 Å². The van der Waals surface area contributed by atoms with Gasteiger partial charge in [0.25, 0.3) is 0 Å². The van der Waals surface area contributed by atoms with Crippen molar-refractivity contribution in [1.82, 2.24) is 4.98 Å². The van der Waals surface area contributed by atoms with Crippen LogP contribution in [-0.4, -0.2) is 4.98 Å². The van der Waals surface area contributed by atoms with Gasteiger partial charge in [-0.25, -0.2) is 0 Å². The van der Waals surface area contributed by atoms with E-state index >= 15 is 0 Å². The summed E-state index contributed by atoms with van der Waals surface area (Å²) in [6.07, 6.45) is 9.66. The van der Waals surface area contributed by atoms with Crippen LogP contribution in [0.2, 0.25) is 0 Å². The minimum atomic E-state index is 1.12. The van der Waals surface area contributed by atoms with Crippen LogP contribution in [0.25, 0.3) is 5.57 Å². The molecule has 2 aromatic rings. The molecule has 0 fully saturated rings. The third-order valence-electron chi connectivity index (χ3n) is 2.96. The molecule has 1 nitrogen and oxygen atoms in total. The number of benzene rings is 1. The molecule has 0 aliphatic heterocycles. The topological polar surface area (TPSA) is 12.9 Å². The van der Waals surface area contributed by atoms with Crippen molar-refractivity contribution >= 4 is 5.57 Å². The fourth-order valence-electron chi connectivity index (χ4n) is 1.99. The maximum Gasteiger partial charge on any atom is 0.0346 e. The van der Waals surface area contributed by atoms with Crippen LogP contribution < -0.4 is 0 Å². The Bertz CT molecular complexity index is 444. The zero-order valence-electron chi connectivity index (χ0n) is 10.8. The lowest BCUT2D eigenvalue weighted by atomic mass is 9.98. The van der Waals surface area contributed by atoms with E-state index in [4.69, 9.17) is 0 Å². The standard InChI is InChI=1S/C17H19N/c1-2-3-5-12-17(15-9-6-4-7-10-15)16-11-8-13-18-14-16/h4,6-14H,2-3,5H2,1H3/b17-12+. The third-order valence-corrected chi connectivity index (χ3v) is 2.96. The van der Waals surface area contributed by atoms with Crippen molar-refractivity contribution in [2.75, 3.05) is 0 Å². The van der Waals surface area contributed by atoms with Crippen LogP contribution in [0.15, 0.2) is 60.9 Å². The molecule has 0 atom stereocenters. The summed E-state index contributed by atoms with van der Waals surface area (Å²) < 4.78 is 0. The highest BCUT2D eigenvalue weighted by Gasteiger charge is 2.03. The Morgan fingerprint density at radius 1 is 1.06 bits per heavy atom. The van der Waals surface area contributed by atoms with Gasteiger partial charge in [-0.3, -0.25) is 4.98 Å². The highest BCUT2D eigenvalue weighted by molar-refractivity contribution is 5.79. The highest BCUT2D eigenvalue weighted by atomic mass is 14.6. The van der Waals surface area contributed by atoms with E-state index in [1.54, 1.807) is 0 Å². The maximum atomic E-state index is 4.22. The van der Waals surface area contributed by atoms with Crippen molar-refractivity contribution < 1.29 is 0 Å². The van der Waals surface area contributed by atoms with Gasteiger partial charge in [0, 0.05) is 18.0 Å². The predicted molar refractivity (Wildman–Crippen MR) is 77.3 cm³/mol. The number of rotatable bonds is 5. The Hall–Kier alpha value is -1.89. The summed E-state index contributed by atoms with van der Waals surface area (Å²) in [5.74, 6) is 0. The number of unbranched alkanes of at least 4 members (excludes halogenated alkanes) is 2. The van der Waals surface area contributed by atoms with Gasteiger partial charge in [-0.2, -0.15) is 0 Å². The highest BCUT2D eigenvalue weighted by Crippen LogP contribution is 2.23. The summed E-state index contributed by atoms with van der Waals surface area (Å²) in [6.45, 7) is 2.22. The van der Waals surface area contributed by atoms with Crippen LogP contribution in [0.1, 0.15) is 37.3 Å².